The molecule has 0 bridgehead atoms. The molecular formula is C14H23N5O. The molecule has 2 fully saturated rings. The van der Waals surface area contributed by atoms with Crippen LogP contribution in [0.1, 0.15) is 49.6 Å². The lowest BCUT2D eigenvalue weighted by atomic mass is 10.1. The Morgan fingerprint density at radius 3 is 2.75 bits per heavy atom. The number of hydrogen-bond donors (Lipinski definition) is 1. The van der Waals surface area contributed by atoms with Crippen LogP contribution in [0.2, 0.25) is 0 Å². The van der Waals surface area contributed by atoms with Crippen LogP contribution < -0.4 is 5.32 Å². The van der Waals surface area contributed by atoms with Crippen molar-refractivity contribution in [2.45, 2.75) is 45.2 Å². The summed E-state index contributed by atoms with van der Waals surface area (Å²) in [4.78, 5) is 14.4. The summed E-state index contributed by atoms with van der Waals surface area (Å²) in [5.41, 5.74) is 0.490. The third kappa shape index (κ3) is 2.57. The van der Waals surface area contributed by atoms with Gasteiger partial charge in [-0.3, -0.25) is 4.79 Å². The van der Waals surface area contributed by atoms with Crippen LogP contribution in [0.25, 0.3) is 0 Å². The van der Waals surface area contributed by atoms with Crippen LogP contribution in [0, 0.1) is 5.92 Å². The maximum Gasteiger partial charge on any atom is 0.276 e. The molecule has 1 aromatic rings. The summed E-state index contributed by atoms with van der Waals surface area (Å²) in [5.74, 6) is 0.607. The number of rotatable bonds is 2. The van der Waals surface area contributed by atoms with Gasteiger partial charge in [-0.1, -0.05) is 12.1 Å². The first kappa shape index (κ1) is 13.5. The smallest absolute Gasteiger partial charge is 0.276 e. The zero-order chi connectivity index (χ0) is 14.1. The van der Waals surface area contributed by atoms with Crippen LogP contribution >= 0.6 is 0 Å². The lowest BCUT2D eigenvalue weighted by molar-refractivity contribution is 0.0737. The predicted octanol–water partition coefficient (Wildman–Crippen LogP) is 1.07. The van der Waals surface area contributed by atoms with Gasteiger partial charge in [-0.25, -0.2) is 4.68 Å². The van der Waals surface area contributed by atoms with Crippen molar-refractivity contribution in [3.63, 3.8) is 0 Å². The third-order valence-electron chi connectivity index (χ3n) is 4.46. The summed E-state index contributed by atoms with van der Waals surface area (Å²) < 4.78 is 1.87. The molecule has 2 atom stereocenters. The molecule has 2 aliphatic rings. The molecule has 110 valence electrons. The third-order valence-corrected chi connectivity index (χ3v) is 4.46. The van der Waals surface area contributed by atoms with E-state index in [2.05, 4.69) is 29.5 Å². The first-order chi connectivity index (χ1) is 9.65. The molecule has 0 aliphatic carbocycles. The molecule has 1 N–H and O–H groups in total. The highest BCUT2D eigenvalue weighted by Crippen LogP contribution is 2.24. The fourth-order valence-electron chi connectivity index (χ4n) is 3.35. The second-order valence-corrected chi connectivity index (χ2v) is 6.21. The van der Waals surface area contributed by atoms with E-state index in [-0.39, 0.29) is 5.91 Å². The molecule has 6 nitrogen and oxygen atoms in total. The minimum absolute atomic E-state index is 0.0297. The predicted molar refractivity (Wildman–Crippen MR) is 75.4 cm³/mol. The number of carbonyl (C=O) groups is 1. The maximum atomic E-state index is 12.5. The second-order valence-electron chi connectivity index (χ2n) is 6.21. The van der Waals surface area contributed by atoms with Crippen LogP contribution in [0.3, 0.4) is 0 Å². The number of nitrogens with one attached hydrogen (secondary N) is 1. The topological polar surface area (TPSA) is 63.1 Å². The summed E-state index contributed by atoms with van der Waals surface area (Å²) in [6.45, 7) is 7.15. The standard InChI is InChI=1S/C14H23N5O/c1-10-7-11(2)18(8-10)14(20)13-9-19(17-16-13)12-3-5-15-6-4-12/h9-12,15H,3-8H2,1-2H3. The van der Waals surface area contributed by atoms with E-state index in [0.717, 1.165) is 38.9 Å². The molecule has 3 rings (SSSR count). The largest absolute Gasteiger partial charge is 0.334 e. The van der Waals surface area contributed by atoms with Crippen molar-refractivity contribution in [2.75, 3.05) is 19.6 Å². The van der Waals surface area contributed by atoms with Gasteiger partial charge >= 0.3 is 0 Å². The van der Waals surface area contributed by atoms with Gasteiger partial charge in [0.2, 0.25) is 0 Å². The first-order valence-electron chi connectivity index (χ1n) is 7.58. The minimum Gasteiger partial charge on any atom is -0.334 e. The number of hydrogen-bond acceptors (Lipinski definition) is 4. The summed E-state index contributed by atoms with van der Waals surface area (Å²) in [6.07, 6.45) is 5.00. The number of likely N-dealkylation sites (tertiary alicyclic amines) is 1. The van der Waals surface area contributed by atoms with Crippen molar-refractivity contribution in [1.82, 2.24) is 25.2 Å². The fraction of sp³-hybridized carbons (Fsp3) is 0.786. The molecule has 6 heteroatoms. The molecule has 0 spiro atoms. The van der Waals surface area contributed by atoms with Gasteiger partial charge in [0.1, 0.15) is 0 Å². The fourth-order valence-corrected chi connectivity index (χ4v) is 3.35. The van der Waals surface area contributed by atoms with E-state index in [1.54, 1.807) is 0 Å². The second kappa shape index (κ2) is 5.52. The maximum absolute atomic E-state index is 12.5. The Balaban J connectivity index is 1.71. The quantitative estimate of drug-likeness (QED) is 0.878. The monoisotopic (exact) mass is 277 g/mol. The molecule has 3 heterocycles. The molecule has 2 aliphatic heterocycles. The molecule has 0 saturated carbocycles. The van der Waals surface area contributed by atoms with Crippen molar-refractivity contribution >= 4 is 5.91 Å². The molecule has 1 aromatic heterocycles. The van der Waals surface area contributed by atoms with E-state index >= 15 is 0 Å². The average Bonchev–Trinajstić information content (AvgIpc) is 3.06. The SMILES string of the molecule is CC1CC(C)N(C(=O)c2cn(C3CCNCC3)nn2)C1. The lowest BCUT2D eigenvalue weighted by Crippen LogP contribution is -2.34. The van der Waals surface area contributed by atoms with E-state index in [4.69, 9.17) is 0 Å². The molecule has 0 radical (unpaired) electrons. The van der Waals surface area contributed by atoms with Gasteiger partial charge in [-0.2, -0.15) is 0 Å². The van der Waals surface area contributed by atoms with Crippen molar-refractivity contribution in [3.05, 3.63) is 11.9 Å². The van der Waals surface area contributed by atoms with Gasteiger partial charge in [0.25, 0.3) is 5.91 Å². The van der Waals surface area contributed by atoms with E-state index in [1.807, 2.05) is 15.8 Å². The Kier molecular flexibility index (Phi) is 3.74. The number of amides is 1. The van der Waals surface area contributed by atoms with Gasteiger partial charge in [0, 0.05) is 12.6 Å². The number of piperidine rings is 1. The van der Waals surface area contributed by atoms with Crippen LogP contribution in [0.4, 0.5) is 0 Å². The van der Waals surface area contributed by atoms with Gasteiger partial charge in [-0.15, -0.1) is 5.10 Å². The Morgan fingerprint density at radius 2 is 2.10 bits per heavy atom. The Labute approximate surface area is 119 Å². The Bertz CT molecular complexity index is 480. The Morgan fingerprint density at radius 1 is 1.35 bits per heavy atom. The zero-order valence-corrected chi connectivity index (χ0v) is 12.2. The van der Waals surface area contributed by atoms with Crippen LogP contribution in [0.5, 0.6) is 0 Å². The Hall–Kier alpha value is -1.43. The van der Waals surface area contributed by atoms with Crippen LogP contribution in [-0.4, -0.2) is 51.5 Å². The van der Waals surface area contributed by atoms with Crippen molar-refractivity contribution in [3.8, 4) is 0 Å². The van der Waals surface area contributed by atoms with Gasteiger partial charge in [0.05, 0.1) is 12.2 Å². The molecule has 2 saturated heterocycles. The minimum atomic E-state index is 0.0297. The highest BCUT2D eigenvalue weighted by atomic mass is 16.2. The zero-order valence-electron chi connectivity index (χ0n) is 12.2. The summed E-state index contributed by atoms with van der Waals surface area (Å²) in [5, 5.41) is 11.6. The van der Waals surface area contributed by atoms with E-state index in [9.17, 15) is 4.79 Å². The van der Waals surface area contributed by atoms with Crippen molar-refractivity contribution in [1.29, 1.82) is 0 Å². The highest BCUT2D eigenvalue weighted by molar-refractivity contribution is 5.92. The van der Waals surface area contributed by atoms with Crippen molar-refractivity contribution in [2.24, 2.45) is 5.92 Å². The van der Waals surface area contributed by atoms with Crippen molar-refractivity contribution < 1.29 is 4.79 Å². The normalized spacial score (nSPS) is 28.0. The average molecular weight is 277 g/mol. The first-order valence-corrected chi connectivity index (χ1v) is 7.58. The molecular weight excluding hydrogens is 254 g/mol. The van der Waals surface area contributed by atoms with Gasteiger partial charge in [-0.05, 0) is 45.2 Å². The lowest BCUT2D eigenvalue weighted by Gasteiger charge is -2.22. The highest BCUT2D eigenvalue weighted by Gasteiger charge is 2.32. The van der Waals surface area contributed by atoms with E-state index in [0.29, 0.717) is 23.7 Å². The summed E-state index contributed by atoms with van der Waals surface area (Å²) in [7, 11) is 0. The number of carbonyl (C=O) groups excluding carboxylic acids is 1. The molecule has 2 unspecified atom stereocenters. The number of aromatic nitrogens is 3. The molecule has 0 aromatic carbocycles. The van der Waals surface area contributed by atoms with E-state index in [1.165, 1.54) is 0 Å². The van der Waals surface area contributed by atoms with Crippen LogP contribution in [0.15, 0.2) is 6.20 Å². The van der Waals surface area contributed by atoms with Gasteiger partial charge < -0.3 is 10.2 Å². The summed E-state index contributed by atoms with van der Waals surface area (Å²) >= 11 is 0. The van der Waals surface area contributed by atoms with E-state index < -0.39 is 0 Å². The summed E-state index contributed by atoms with van der Waals surface area (Å²) in [6, 6.07) is 0.682. The number of nitrogens with zero attached hydrogens (tertiary/aromatic N) is 4. The molecule has 20 heavy (non-hydrogen) atoms. The van der Waals surface area contributed by atoms with Crippen LogP contribution in [-0.2, 0) is 0 Å². The van der Waals surface area contributed by atoms with Gasteiger partial charge in [0.15, 0.2) is 5.69 Å². The molecule has 1 amide bonds.